The van der Waals surface area contributed by atoms with Crippen molar-refractivity contribution >= 4 is 45.4 Å². The molecular formula is C29H43N7O7S. The Bertz CT molecular complexity index is 1410. The molecule has 1 aliphatic heterocycles. The van der Waals surface area contributed by atoms with Gasteiger partial charge in [0.2, 0.25) is 21.9 Å². The van der Waals surface area contributed by atoms with Crippen molar-refractivity contribution in [3.63, 3.8) is 0 Å². The summed E-state index contributed by atoms with van der Waals surface area (Å²) in [6, 6.07) is 4.85. The molecule has 14 nitrogen and oxygen atoms in total. The number of nitrogens with one attached hydrogen (secondary N) is 1. The van der Waals surface area contributed by atoms with Gasteiger partial charge in [-0.15, -0.1) is 0 Å². The molecule has 1 aliphatic rings. The van der Waals surface area contributed by atoms with E-state index in [1.165, 1.54) is 6.20 Å². The van der Waals surface area contributed by atoms with Gasteiger partial charge in [-0.1, -0.05) is 19.1 Å². The number of sulfonamides is 1. The first-order valence-corrected chi connectivity index (χ1v) is 16.6. The summed E-state index contributed by atoms with van der Waals surface area (Å²) >= 11 is 0. The van der Waals surface area contributed by atoms with Gasteiger partial charge in [-0.2, -0.15) is 4.98 Å². The second-order valence-corrected chi connectivity index (χ2v) is 12.6. The fourth-order valence-corrected chi connectivity index (χ4v) is 6.21. The van der Waals surface area contributed by atoms with Crippen LogP contribution in [0.2, 0.25) is 0 Å². The Kier molecular flexibility index (Phi) is 11.7. The number of aromatic nitrogens is 2. The molecule has 15 heteroatoms. The number of hydrogen-bond acceptors (Lipinski definition) is 10. The molecule has 0 radical (unpaired) electrons. The third-order valence-electron chi connectivity index (χ3n) is 7.24. The summed E-state index contributed by atoms with van der Waals surface area (Å²) in [4.78, 5) is 51.0. The van der Waals surface area contributed by atoms with Gasteiger partial charge >= 0.3 is 12.1 Å². The quantitative estimate of drug-likeness (QED) is 0.333. The Morgan fingerprint density at radius 1 is 1.02 bits per heavy atom. The number of ether oxygens (including phenoxy) is 1. The lowest BCUT2D eigenvalue weighted by atomic mass is 10.1. The van der Waals surface area contributed by atoms with Crippen molar-refractivity contribution < 1.29 is 32.6 Å². The molecule has 3 rings (SSSR count). The topological polar surface area (TPSA) is 166 Å². The van der Waals surface area contributed by atoms with E-state index >= 15 is 0 Å². The maximum Gasteiger partial charge on any atom is 0.415 e. The summed E-state index contributed by atoms with van der Waals surface area (Å²) in [5, 5.41) is 13.1. The average Bonchev–Trinajstić information content (AvgIpc) is 2.98. The first-order chi connectivity index (χ1) is 20.8. The summed E-state index contributed by atoms with van der Waals surface area (Å²) in [6.07, 6.45) is 2.40. The maximum atomic E-state index is 12.7. The highest BCUT2D eigenvalue weighted by atomic mass is 32.2. The molecule has 1 fully saturated rings. The number of benzene rings is 1. The van der Waals surface area contributed by atoms with E-state index < -0.39 is 34.2 Å². The number of hydrogen-bond donors (Lipinski definition) is 2. The van der Waals surface area contributed by atoms with Gasteiger partial charge in [0.15, 0.2) is 5.82 Å². The van der Waals surface area contributed by atoms with Gasteiger partial charge < -0.3 is 29.9 Å². The summed E-state index contributed by atoms with van der Waals surface area (Å²) < 4.78 is 32.0. The van der Waals surface area contributed by atoms with Crippen LogP contribution in [0.15, 0.2) is 30.5 Å². The van der Waals surface area contributed by atoms with Crippen molar-refractivity contribution in [1.29, 1.82) is 0 Å². The van der Waals surface area contributed by atoms with Crippen LogP contribution < -0.4 is 19.3 Å². The van der Waals surface area contributed by atoms with E-state index in [9.17, 15) is 27.9 Å². The Morgan fingerprint density at radius 3 is 2.11 bits per heavy atom. The molecule has 2 heterocycles. The van der Waals surface area contributed by atoms with Crippen molar-refractivity contribution in [1.82, 2.24) is 19.8 Å². The predicted octanol–water partition coefficient (Wildman–Crippen LogP) is 2.66. The molecule has 0 spiro atoms. The van der Waals surface area contributed by atoms with Crippen LogP contribution >= 0.6 is 0 Å². The van der Waals surface area contributed by atoms with Gasteiger partial charge in [0, 0.05) is 58.2 Å². The fourth-order valence-electron chi connectivity index (χ4n) is 4.95. The third-order valence-corrected chi connectivity index (χ3v) is 8.57. The van der Waals surface area contributed by atoms with E-state index in [2.05, 4.69) is 15.3 Å². The Morgan fingerprint density at radius 2 is 1.61 bits per heavy atom. The standard InChI is InChI=1S/C29H43N7O7S/c1-7-25(37)34-14-16-35(17-15-34)29(40)43-22-12-10-21(11-13-22)18-23(27(38)39)31-26-24(36(20(4)5)44(6,41)42)19-30-28(32-26)33(8-2)9-3/h10-13,19-20,23H,7-9,14-18H2,1-6H3,(H,38,39)(H,30,31,32)/t23-/m0/s1. The molecular weight excluding hydrogens is 590 g/mol. The summed E-state index contributed by atoms with van der Waals surface area (Å²) in [5.41, 5.74) is 0.784. The van der Waals surface area contributed by atoms with Crippen LogP contribution in [0.25, 0.3) is 0 Å². The first kappa shape index (κ1) is 34.4. The average molecular weight is 634 g/mol. The molecule has 2 amide bonds. The van der Waals surface area contributed by atoms with Crippen molar-refractivity contribution in [2.45, 2.75) is 59.5 Å². The lowest BCUT2D eigenvalue weighted by Crippen LogP contribution is -2.51. The smallest absolute Gasteiger partial charge is 0.415 e. The Labute approximate surface area is 259 Å². The highest BCUT2D eigenvalue weighted by molar-refractivity contribution is 7.92. The van der Waals surface area contributed by atoms with Crippen LogP contribution in [0, 0.1) is 0 Å². The maximum absolute atomic E-state index is 12.7. The third kappa shape index (κ3) is 8.71. The van der Waals surface area contributed by atoms with E-state index in [-0.39, 0.29) is 23.8 Å². The number of rotatable bonds is 13. The number of nitrogens with zero attached hydrogens (tertiary/aromatic N) is 6. The number of anilines is 3. The summed E-state index contributed by atoms with van der Waals surface area (Å²) in [7, 11) is -3.74. The monoisotopic (exact) mass is 633 g/mol. The van der Waals surface area contributed by atoms with Gasteiger partial charge in [-0.05, 0) is 45.4 Å². The second kappa shape index (κ2) is 15.0. The van der Waals surface area contributed by atoms with Crippen molar-refractivity contribution in [2.24, 2.45) is 0 Å². The van der Waals surface area contributed by atoms with Crippen molar-refractivity contribution in [2.75, 3.05) is 60.0 Å². The molecule has 242 valence electrons. The van der Waals surface area contributed by atoms with Gasteiger partial charge in [0.25, 0.3) is 0 Å². The summed E-state index contributed by atoms with van der Waals surface area (Å²) in [6.45, 7) is 11.9. The Balaban J connectivity index is 1.78. The SMILES string of the molecule is CCC(=O)N1CCN(C(=O)Oc2ccc(C[C@H](Nc3nc(N(CC)CC)ncc3N(C(C)C)S(C)(=O)=O)C(=O)O)cc2)CC1. The van der Waals surface area contributed by atoms with Gasteiger partial charge in [-0.3, -0.25) is 9.10 Å². The van der Waals surface area contributed by atoms with Gasteiger partial charge in [0.05, 0.1) is 12.5 Å². The molecule has 1 saturated heterocycles. The number of carboxylic acid groups (broad SMARTS) is 1. The molecule has 0 saturated carbocycles. The number of amides is 2. The zero-order valence-electron chi connectivity index (χ0n) is 26.2. The minimum absolute atomic E-state index is 0.0293. The largest absolute Gasteiger partial charge is 0.480 e. The van der Waals surface area contributed by atoms with Crippen LogP contribution in [0.1, 0.15) is 46.6 Å². The predicted molar refractivity (Wildman–Crippen MR) is 168 cm³/mol. The van der Waals surface area contributed by atoms with Gasteiger partial charge in [-0.25, -0.2) is 23.0 Å². The molecule has 2 aromatic rings. The molecule has 1 atom stereocenters. The molecule has 44 heavy (non-hydrogen) atoms. The van der Waals surface area contributed by atoms with Crippen LogP contribution in [0.5, 0.6) is 5.75 Å². The van der Waals surface area contributed by atoms with Crippen LogP contribution in [-0.2, 0) is 26.0 Å². The second-order valence-electron chi connectivity index (χ2n) is 10.7. The normalized spacial score (nSPS) is 14.2. The van der Waals surface area contributed by atoms with Crippen LogP contribution in [-0.4, -0.2) is 109 Å². The first-order valence-electron chi connectivity index (χ1n) is 14.7. The fraction of sp³-hybridized carbons (Fsp3) is 0.552. The summed E-state index contributed by atoms with van der Waals surface area (Å²) in [5.74, 6) is -0.388. The Hall–Kier alpha value is -4.14. The van der Waals surface area contributed by atoms with Crippen molar-refractivity contribution in [3.05, 3.63) is 36.0 Å². The van der Waals surface area contributed by atoms with Crippen LogP contribution in [0.4, 0.5) is 22.2 Å². The number of carbonyl (C=O) groups is 3. The molecule has 1 aromatic heterocycles. The zero-order valence-corrected chi connectivity index (χ0v) is 27.0. The van der Waals surface area contributed by atoms with E-state index in [0.29, 0.717) is 63.0 Å². The number of carbonyl (C=O) groups excluding carboxylic acids is 2. The van der Waals surface area contributed by atoms with E-state index in [1.807, 2.05) is 18.7 Å². The van der Waals surface area contributed by atoms with Gasteiger partial charge in [0.1, 0.15) is 17.5 Å². The minimum atomic E-state index is -3.74. The molecule has 2 N–H and O–H groups in total. The van der Waals surface area contributed by atoms with Crippen LogP contribution in [0.3, 0.4) is 0 Å². The number of carboxylic acids is 1. The molecule has 0 bridgehead atoms. The molecule has 1 aromatic carbocycles. The number of piperazine rings is 1. The molecule has 0 aliphatic carbocycles. The number of aliphatic carboxylic acids is 1. The zero-order chi connectivity index (χ0) is 32.6. The molecule has 0 unspecified atom stereocenters. The highest BCUT2D eigenvalue weighted by Crippen LogP contribution is 2.30. The lowest BCUT2D eigenvalue weighted by molar-refractivity contribution is -0.138. The highest BCUT2D eigenvalue weighted by Gasteiger charge is 2.29. The lowest BCUT2D eigenvalue weighted by Gasteiger charge is -2.33. The van der Waals surface area contributed by atoms with Crippen molar-refractivity contribution in [3.8, 4) is 5.75 Å². The van der Waals surface area contributed by atoms with E-state index in [4.69, 9.17) is 4.74 Å². The van der Waals surface area contributed by atoms with E-state index in [1.54, 1.807) is 54.8 Å². The minimum Gasteiger partial charge on any atom is -0.480 e. The van der Waals surface area contributed by atoms with E-state index in [0.717, 1.165) is 10.6 Å².